The molecule has 1 atom stereocenters. The van der Waals surface area contributed by atoms with Gasteiger partial charge in [-0.2, -0.15) is 0 Å². The first-order chi connectivity index (χ1) is 13.9. The highest BCUT2D eigenvalue weighted by atomic mass is 79.9. The van der Waals surface area contributed by atoms with E-state index in [4.69, 9.17) is 9.47 Å². The van der Waals surface area contributed by atoms with Gasteiger partial charge in [-0.25, -0.2) is 0 Å². The molecule has 2 aromatic carbocycles. The fourth-order valence-corrected chi connectivity index (χ4v) is 3.62. The first-order valence-electron chi connectivity index (χ1n) is 8.80. The van der Waals surface area contributed by atoms with Crippen LogP contribution in [0.5, 0.6) is 11.5 Å². The predicted octanol–water partition coefficient (Wildman–Crippen LogP) is 2.88. The Morgan fingerprint density at radius 2 is 1.72 bits per heavy atom. The number of amides is 1. The van der Waals surface area contributed by atoms with Gasteiger partial charge in [0.1, 0.15) is 5.76 Å². The van der Waals surface area contributed by atoms with Gasteiger partial charge in [-0.3, -0.25) is 9.59 Å². The number of rotatable bonds is 6. The van der Waals surface area contributed by atoms with E-state index in [2.05, 4.69) is 15.9 Å². The van der Waals surface area contributed by atoms with Crippen molar-refractivity contribution in [1.82, 2.24) is 4.90 Å². The van der Waals surface area contributed by atoms with E-state index in [1.54, 1.807) is 42.5 Å². The lowest BCUT2D eigenvalue weighted by molar-refractivity contribution is -0.140. The Bertz CT molecular complexity index is 970. The minimum Gasteiger partial charge on any atom is -0.507 e. The molecule has 1 heterocycles. The molecule has 29 heavy (non-hydrogen) atoms. The van der Waals surface area contributed by atoms with Crippen molar-refractivity contribution in [2.75, 3.05) is 27.4 Å². The van der Waals surface area contributed by atoms with Crippen LogP contribution in [0.2, 0.25) is 0 Å². The Morgan fingerprint density at radius 1 is 1.07 bits per heavy atom. The van der Waals surface area contributed by atoms with Crippen LogP contribution in [0.3, 0.4) is 0 Å². The van der Waals surface area contributed by atoms with Gasteiger partial charge in [-0.15, -0.1) is 0 Å². The van der Waals surface area contributed by atoms with E-state index in [9.17, 15) is 19.8 Å². The third-order valence-electron chi connectivity index (χ3n) is 4.72. The Labute approximate surface area is 176 Å². The average molecular weight is 462 g/mol. The van der Waals surface area contributed by atoms with Crippen LogP contribution in [0.15, 0.2) is 52.5 Å². The summed E-state index contributed by atoms with van der Waals surface area (Å²) >= 11 is 3.33. The van der Waals surface area contributed by atoms with Crippen LogP contribution in [0, 0.1) is 0 Å². The van der Waals surface area contributed by atoms with Crippen molar-refractivity contribution >= 4 is 33.4 Å². The van der Waals surface area contributed by atoms with Gasteiger partial charge in [0.2, 0.25) is 0 Å². The third-order valence-corrected chi connectivity index (χ3v) is 5.25. The largest absolute Gasteiger partial charge is 0.507 e. The molecule has 7 nitrogen and oxygen atoms in total. The van der Waals surface area contributed by atoms with E-state index in [-0.39, 0.29) is 24.5 Å². The zero-order chi connectivity index (χ0) is 21.1. The molecule has 0 unspecified atom stereocenters. The van der Waals surface area contributed by atoms with Crippen LogP contribution < -0.4 is 9.47 Å². The number of carbonyl (C=O) groups is 2. The van der Waals surface area contributed by atoms with E-state index in [1.807, 2.05) is 0 Å². The SMILES string of the molecule is COc1ccc([C@@H]2/C(=C(\O)c3ccc(Br)cc3)C(=O)C(=O)N2CCO)cc1OC. The van der Waals surface area contributed by atoms with Crippen LogP contribution in [0.1, 0.15) is 17.2 Å². The number of β-amino-alcohol motifs (C(OH)–C–C–N with tert-alkyl or cyclic N) is 1. The summed E-state index contributed by atoms with van der Waals surface area (Å²) in [5.74, 6) is -0.960. The maximum Gasteiger partial charge on any atom is 0.295 e. The lowest BCUT2D eigenvalue weighted by atomic mass is 9.95. The number of nitrogens with zero attached hydrogens (tertiary/aromatic N) is 1. The first-order valence-corrected chi connectivity index (χ1v) is 9.59. The predicted molar refractivity (Wildman–Crippen MR) is 110 cm³/mol. The molecule has 1 fully saturated rings. The van der Waals surface area contributed by atoms with Gasteiger partial charge in [-0.1, -0.05) is 34.1 Å². The van der Waals surface area contributed by atoms with E-state index in [0.29, 0.717) is 22.6 Å². The zero-order valence-corrected chi connectivity index (χ0v) is 17.5. The molecule has 0 spiro atoms. The van der Waals surface area contributed by atoms with Crippen LogP contribution in [0.25, 0.3) is 5.76 Å². The highest BCUT2D eigenvalue weighted by Crippen LogP contribution is 2.41. The molecule has 152 valence electrons. The first kappa shape index (κ1) is 20.9. The molecule has 1 saturated heterocycles. The molecule has 0 aliphatic carbocycles. The number of hydrogen-bond acceptors (Lipinski definition) is 6. The number of carbonyl (C=O) groups excluding carboxylic acids is 2. The van der Waals surface area contributed by atoms with Crippen molar-refractivity contribution in [3.05, 3.63) is 63.6 Å². The number of ketones is 1. The maximum absolute atomic E-state index is 12.8. The van der Waals surface area contributed by atoms with Gasteiger partial charge in [-0.05, 0) is 29.8 Å². The standard InChI is InChI=1S/C21H20BrNO6/c1-28-15-8-5-13(11-16(15)29-2)18-17(20(26)21(27)23(18)9-10-24)19(25)12-3-6-14(22)7-4-12/h3-8,11,18,24-25H,9-10H2,1-2H3/b19-17+/t18-/m1/s1. The molecule has 1 aliphatic rings. The molecular formula is C21H20BrNO6. The molecule has 0 saturated carbocycles. The van der Waals surface area contributed by atoms with Crippen LogP contribution in [-0.4, -0.2) is 54.2 Å². The molecule has 1 amide bonds. The number of methoxy groups -OCH3 is 2. The van der Waals surface area contributed by atoms with E-state index >= 15 is 0 Å². The summed E-state index contributed by atoms with van der Waals surface area (Å²) in [6, 6.07) is 10.9. The minimum absolute atomic E-state index is 0.0435. The lowest BCUT2D eigenvalue weighted by Crippen LogP contribution is -2.32. The van der Waals surface area contributed by atoms with Crippen molar-refractivity contribution in [2.24, 2.45) is 0 Å². The van der Waals surface area contributed by atoms with Crippen LogP contribution in [0.4, 0.5) is 0 Å². The number of halogens is 1. The third kappa shape index (κ3) is 3.86. The highest BCUT2D eigenvalue weighted by molar-refractivity contribution is 9.10. The summed E-state index contributed by atoms with van der Waals surface area (Å²) in [5, 5.41) is 20.3. The fraction of sp³-hybridized carbons (Fsp3) is 0.238. The zero-order valence-electron chi connectivity index (χ0n) is 15.9. The van der Waals surface area contributed by atoms with E-state index < -0.39 is 17.7 Å². The smallest absolute Gasteiger partial charge is 0.295 e. The Kier molecular flexibility index (Phi) is 6.24. The van der Waals surface area contributed by atoms with Crippen molar-refractivity contribution in [3.8, 4) is 11.5 Å². The Hall–Kier alpha value is -2.84. The molecule has 3 rings (SSSR count). The molecule has 2 aromatic rings. The summed E-state index contributed by atoms with van der Waals surface area (Å²) < 4.78 is 11.4. The van der Waals surface area contributed by atoms with Crippen molar-refractivity contribution in [3.63, 3.8) is 0 Å². The quantitative estimate of drug-likeness (QED) is 0.390. The molecule has 1 aliphatic heterocycles. The summed E-state index contributed by atoms with van der Waals surface area (Å²) in [5.41, 5.74) is 0.910. The summed E-state index contributed by atoms with van der Waals surface area (Å²) in [6.45, 7) is -0.379. The van der Waals surface area contributed by atoms with Gasteiger partial charge in [0, 0.05) is 16.6 Å². The van der Waals surface area contributed by atoms with E-state index in [1.165, 1.54) is 19.1 Å². The van der Waals surface area contributed by atoms with Crippen molar-refractivity contribution in [1.29, 1.82) is 0 Å². The van der Waals surface area contributed by atoms with Gasteiger partial charge in [0.15, 0.2) is 11.5 Å². The Balaban J connectivity index is 2.20. The normalized spacial score (nSPS) is 18.2. The Morgan fingerprint density at radius 3 is 2.31 bits per heavy atom. The average Bonchev–Trinajstić information content (AvgIpc) is 2.98. The maximum atomic E-state index is 12.8. The van der Waals surface area contributed by atoms with Crippen LogP contribution in [-0.2, 0) is 9.59 Å². The molecule has 0 aromatic heterocycles. The van der Waals surface area contributed by atoms with Gasteiger partial charge < -0.3 is 24.6 Å². The fourth-order valence-electron chi connectivity index (χ4n) is 3.35. The number of hydrogen-bond donors (Lipinski definition) is 2. The summed E-state index contributed by atoms with van der Waals surface area (Å²) in [7, 11) is 2.98. The van der Waals surface area contributed by atoms with Gasteiger partial charge in [0.25, 0.3) is 11.7 Å². The van der Waals surface area contributed by atoms with E-state index in [0.717, 1.165) is 4.47 Å². The molecular weight excluding hydrogens is 442 g/mol. The van der Waals surface area contributed by atoms with Gasteiger partial charge in [0.05, 0.1) is 32.4 Å². The minimum atomic E-state index is -0.870. The second kappa shape index (κ2) is 8.67. The topological polar surface area (TPSA) is 96.3 Å². The monoisotopic (exact) mass is 461 g/mol. The number of benzene rings is 2. The highest BCUT2D eigenvalue weighted by Gasteiger charge is 2.46. The molecule has 8 heteroatoms. The molecule has 0 radical (unpaired) electrons. The number of likely N-dealkylation sites (tertiary alicyclic amines) is 1. The van der Waals surface area contributed by atoms with Crippen molar-refractivity contribution < 1.29 is 29.3 Å². The van der Waals surface area contributed by atoms with Crippen LogP contribution >= 0.6 is 15.9 Å². The molecule has 2 N–H and O–H groups in total. The number of ether oxygens (including phenoxy) is 2. The number of Topliss-reactive ketones (excluding diaryl/α,β-unsaturated/α-hetero) is 1. The molecule has 0 bridgehead atoms. The summed E-state index contributed by atoms with van der Waals surface area (Å²) in [6.07, 6.45) is 0. The van der Waals surface area contributed by atoms with Crippen molar-refractivity contribution in [2.45, 2.75) is 6.04 Å². The number of aliphatic hydroxyl groups is 2. The second-order valence-electron chi connectivity index (χ2n) is 6.34. The second-order valence-corrected chi connectivity index (χ2v) is 7.25. The summed E-state index contributed by atoms with van der Waals surface area (Å²) in [4.78, 5) is 26.6. The lowest BCUT2D eigenvalue weighted by Gasteiger charge is -2.25. The number of aliphatic hydroxyl groups excluding tert-OH is 2. The van der Waals surface area contributed by atoms with Gasteiger partial charge >= 0.3 is 0 Å².